The highest BCUT2D eigenvalue weighted by Crippen LogP contribution is 0.212. The van der Waals surface area contributed by atoms with E-state index in [-0.39, 0.29) is 468 Å². The molecular formula is C69H276. The smallest absolute Gasteiger partial charge is 0.0194 e. The van der Waals surface area contributed by atoms with E-state index in [0.29, 0.717) is 0 Å². The first-order valence-corrected chi connectivity index (χ1v) is 0. The Bertz CT molecular complexity index is 30.2. The first kappa shape index (κ1) is 8860. The summed E-state index contributed by atoms with van der Waals surface area (Å²) in [5.74, 6) is 0. The molecule has 0 spiro atoms. The van der Waals surface area contributed by atoms with E-state index in [9.17, 15) is 0 Å². The summed E-state index contributed by atoms with van der Waals surface area (Å²) in [6.45, 7) is 0. The second-order valence-corrected chi connectivity index (χ2v) is 0. The first-order chi connectivity index (χ1) is 6.00. The average molecular weight is 1120 g/mol. The summed E-state index contributed by atoms with van der Waals surface area (Å²) >= 11 is 0. The Morgan fingerprint density at radius 1 is 0.0435 bits per heavy atom. The molecule has 552 valence electrons. The molecule has 0 atom stereocenters. The molecule has 0 N–H and O–H groups in total. The summed E-state index contributed by atoms with van der Waals surface area (Å²) < 4.78 is 34.5. The molecule has 0 amide bonds. The van der Waals surface area contributed by atoms with Crippen molar-refractivity contribution in [1.82, 2.24) is 0 Å². The molecule has 0 fully saturated rings. The zero-order chi connectivity index (χ0) is 12.0. The van der Waals surface area contributed by atoms with Gasteiger partial charge in [0.15, 0.2) is 0 Å². The van der Waals surface area contributed by atoms with Gasteiger partial charge in [0.1, 0.15) is 0 Å². The van der Waals surface area contributed by atoms with Crippen LogP contribution in [0, 0.1) is 0 Å². The van der Waals surface area contributed by atoms with Gasteiger partial charge in [-0.1, -0.05) is 512 Å². The van der Waals surface area contributed by atoms with Crippen LogP contribution in [0.25, 0.3) is 0 Å². The lowest BCUT2D eigenvalue weighted by Crippen LogP contribution is 0.143. The zero-order valence-corrected chi connectivity index (χ0v) is 6.00. The molecule has 0 radical (unpaired) electrons. The lowest BCUT2D eigenvalue weighted by Gasteiger charge is -0.0786. The summed E-state index contributed by atoms with van der Waals surface area (Å²) in [4.78, 5) is 0. The molecule has 0 aromatic heterocycles. The summed E-state index contributed by atoms with van der Waals surface area (Å²) in [5.41, 5.74) is 0. The third kappa shape index (κ3) is 0. The molecule has 0 bridgehead atoms. The summed E-state index contributed by atoms with van der Waals surface area (Å²) in [6, 6.07) is 0. The van der Waals surface area contributed by atoms with Gasteiger partial charge in [0, 0.05) is 8.22 Å². The molecule has 0 nitrogen and oxygen atoms in total. The van der Waals surface area contributed by atoms with Crippen molar-refractivity contribution in [3.63, 3.8) is 0 Å². The van der Waals surface area contributed by atoms with Crippen LogP contribution in [0.2, 0.25) is 0 Å². The lowest BCUT2D eigenvalue weighted by molar-refractivity contribution is 2.50. The van der Waals surface area contributed by atoms with Gasteiger partial charge in [-0.05, 0) is 0 Å². The predicted octanol–water partition coefficient (Wildman–Crippen LogP) is 43.9. The molecule has 0 rings (SSSR count). The largest absolute Gasteiger partial charge is 0.0776 e. The van der Waals surface area contributed by atoms with Gasteiger partial charge in [0.2, 0.25) is 0 Å². The van der Waals surface area contributed by atoms with E-state index in [1.54, 1.807) is 0 Å². The van der Waals surface area contributed by atoms with Crippen LogP contribution >= 0.6 is 0 Å². The second-order valence-electron chi connectivity index (χ2n) is 0. The second kappa shape index (κ2) is 0. The van der Waals surface area contributed by atoms with Gasteiger partial charge in [0.25, 0.3) is 0 Å². The quantitative estimate of drug-likeness (QED) is 0.227. The van der Waals surface area contributed by atoms with Crippen molar-refractivity contribution in [3.8, 4) is 0 Å². The van der Waals surface area contributed by atoms with Crippen LogP contribution in [0.1, 0.15) is 521 Å². The molecule has 0 saturated heterocycles. The molecule has 0 aromatic carbocycles. The van der Waals surface area contributed by atoms with Gasteiger partial charge in [0.05, 0.1) is 0 Å². The highest BCUT2D eigenvalue weighted by atomic mass is 12.1. The Balaban J connectivity index is -0.0000000000736. The van der Waals surface area contributed by atoms with Crippen molar-refractivity contribution in [2.75, 3.05) is 0 Å². The Labute approximate surface area is 518 Å². The van der Waals surface area contributed by atoms with E-state index in [2.05, 4.69) is 0 Å². The highest BCUT2D eigenvalue weighted by molar-refractivity contribution is 2.57. The molecule has 0 aromatic rings. The van der Waals surface area contributed by atoms with Crippen molar-refractivity contribution in [2.24, 2.45) is 0 Å². The Morgan fingerprint density at radius 2 is 0.0435 bits per heavy atom. The van der Waals surface area contributed by atoms with Crippen LogP contribution in [0.4, 0.5) is 0 Å². The highest BCUT2D eigenvalue weighted by Gasteiger charge is -0.00956. The van der Waals surface area contributed by atoms with Crippen LogP contribution in [0.3, 0.4) is 0 Å². The maximum Gasteiger partial charge on any atom is 0.0194 e. The van der Waals surface area contributed by atoms with Gasteiger partial charge >= 0.3 is 0 Å². The van der Waals surface area contributed by atoms with Crippen LogP contribution in [0.5, 0.6) is 0 Å². The molecule has 69 heavy (non-hydrogen) atoms. The maximum atomic E-state index is 5.75. The molecule has 0 aliphatic carbocycles. The van der Waals surface area contributed by atoms with Gasteiger partial charge in [-0.25, -0.2) is 0 Å². The summed E-state index contributed by atoms with van der Waals surface area (Å²) in [7, 11) is 7.50. The van der Waals surface area contributed by atoms with Crippen molar-refractivity contribution < 1.29 is 8.22 Å². The Morgan fingerprint density at radius 3 is 0.0435 bits per heavy atom. The molecular weight excluding hydrogens is 829 g/mol. The van der Waals surface area contributed by atoms with Crippen LogP contribution in [-0.4, -0.2) is 0 Å². The monoisotopic (exact) mass is 1120 g/mol. The fourth-order valence-corrected chi connectivity index (χ4v) is 0. The van der Waals surface area contributed by atoms with Gasteiger partial charge in [-0.2, -0.15) is 0 Å². The van der Waals surface area contributed by atoms with Crippen molar-refractivity contribution in [3.05, 3.63) is 0 Å². The minimum absolute atomic E-state index is 0. The molecule has 0 aliphatic heterocycles. The third-order valence-corrected chi connectivity index (χ3v) is 0. The first-order valence-electron chi connectivity index (χ1n) is 6.00. The molecule has 0 saturated carbocycles. The fraction of sp³-hybridized carbons (Fsp3) is 1.00. The van der Waals surface area contributed by atoms with Crippen molar-refractivity contribution in [2.45, 2.75) is 512 Å². The SMILES string of the molecule is C.C.C.C.C.C.C.C.C.C.C.C.C.C.C.C.C.C.C.C.C.C.C.C.C.C.C.C.C.C.C.C.C.C.C.C.C.C.C.C.C.C.C.C.C.C.C.C.C.C.C.C.C.C.C.C.C.C.C.C.C.C.C.[3H]C.[3H]C.[3H]C.[3H]C.[3H]C.[3H]C. The van der Waals surface area contributed by atoms with Gasteiger partial charge in [-0.15, -0.1) is 0 Å². The van der Waals surface area contributed by atoms with E-state index in [1.807, 2.05) is 0 Å². The normalized spacial score (nSPS) is 0.609. The van der Waals surface area contributed by atoms with E-state index < -0.39 is 0 Å². The minimum Gasteiger partial charge on any atom is -0.0776 e. The standard InChI is InChI=1S/69CH4/h69*1H4/i6*1T;;;;;;;;;;;;;;;;;;;;;;;;;;;;;;;;;;;;;;;;;;;;;;;;;;;;;;;;;;;;;;;. The minimum atomic E-state index is 0. The fourth-order valence-electron chi connectivity index (χ4n) is 0. The van der Waals surface area contributed by atoms with Crippen LogP contribution in [0.15, 0.2) is 0 Å². The predicted molar refractivity (Wildman–Crippen MR) is 464 cm³/mol. The number of rotatable bonds is 0. The topological polar surface area (TPSA) is 0 Å². The third-order valence-electron chi connectivity index (χ3n) is 0. The Kier molecular flexibility index (Phi) is 0. The Hall–Kier alpha value is 0. The van der Waals surface area contributed by atoms with E-state index >= 15 is 0 Å². The van der Waals surface area contributed by atoms with Crippen molar-refractivity contribution in [1.29, 1.82) is 0 Å². The maximum absolute atomic E-state index is 5.75. The summed E-state index contributed by atoms with van der Waals surface area (Å²) in [5, 5.41) is 0. The van der Waals surface area contributed by atoms with E-state index in [1.165, 1.54) is 44.4 Å². The van der Waals surface area contributed by atoms with E-state index in [4.69, 9.17) is 8.22 Å². The average Bonchev–Trinajstić information content (AvgIpc) is 2.33. The van der Waals surface area contributed by atoms with E-state index in [0.717, 1.165) is 0 Å². The number of hydrogen-bond acceptors (Lipinski definition) is 0. The molecule has 0 heterocycles. The van der Waals surface area contributed by atoms with Gasteiger partial charge < -0.3 is 0 Å². The van der Waals surface area contributed by atoms with Crippen molar-refractivity contribution >= 4 is 0 Å². The lowest BCUT2D eigenvalue weighted by atomic mass is 12.0. The molecule has 0 aliphatic rings. The molecule has 0 heteroatoms. The van der Waals surface area contributed by atoms with Crippen LogP contribution in [-0.2, 0) is 0 Å². The zero-order valence-electron chi connectivity index (χ0n) is 12.0. The van der Waals surface area contributed by atoms with Crippen LogP contribution < -0.4 is 0 Å². The van der Waals surface area contributed by atoms with Gasteiger partial charge in [-0.3, -0.25) is 0 Å². The summed E-state index contributed by atoms with van der Waals surface area (Å²) in [6.07, 6.45) is 0. The molecule has 0 unspecified atom stereocenters. The number of hydrogen-bond donors (Lipinski definition) is 0.